The van der Waals surface area contributed by atoms with Crippen LogP contribution in [0.15, 0.2) is 54.4 Å². The van der Waals surface area contributed by atoms with Gasteiger partial charge in [0.25, 0.3) is 5.91 Å². The lowest BCUT2D eigenvalue weighted by Gasteiger charge is -2.10. The van der Waals surface area contributed by atoms with E-state index < -0.39 is 11.9 Å². The van der Waals surface area contributed by atoms with Gasteiger partial charge in [0, 0.05) is 11.9 Å². The molecule has 0 aliphatic rings. The molecule has 0 saturated heterocycles. The van der Waals surface area contributed by atoms with Gasteiger partial charge in [-0.25, -0.2) is 4.79 Å². The van der Waals surface area contributed by atoms with Crippen LogP contribution in [0.5, 0.6) is 0 Å². The number of hydrogen-bond acceptors (Lipinski definition) is 6. The minimum Gasteiger partial charge on any atom is -0.462 e. The van der Waals surface area contributed by atoms with Crippen molar-refractivity contribution in [1.82, 2.24) is 4.98 Å². The number of esters is 1. The van der Waals surface area contributed by atoms with Crippen molar-refractivity contribution in [2.75, 3.05) is 17.2 Å². The third-order valence-corrected chi connectivity index (χ3v) is 3.33. The molecule has 0 saturated carbocycles. The fraction of sp³-hybridized carbons (Fsp3) is 0.158. The molecule has 1 amide bonds. The number of nitrogens with one attached hydrogen (secondary N) is 2. The summed E-state index contributed by atoms with van der Waals surface area (Å²) in [6.07, 6.45) is 2.88. The third-order valence-electron chi connectivity index (χ3n) is 3.33. The normalized spacial score (nSPS) is 10.6. The van der Waals surface area contributed by atoms with Crippen LogP contribution in [-0.2, 0) is 9.53 Å². The van der Waals surface area contributed by atoms with E-state index in [0.717, 1.165) is 5.69 Å². The molecule has 0 aliphatic heterocycles. The minimum atomic E-state index is -0.642. The quantitative estimate of drug-likeness (QED) is 0.471. The van der Waals surface area contributed by atoms with Crippen LogP contribution in [0.4, 0.5) is 11.4 Å². The van der Waals surface area contributed by atoms with Crippen molar-refractivity contribution in [3.8, 4) is 6.07 Å². The van der Waals surface area contributed by atoms with E-state index in [4.69, 9.17) is 4.74 Å². The Labute approximate surface area is 151 Å². The summed E-state index contributed by atoms with van der Waals surface area (Å²) in [7, 11) is 0. The molecule has 26 heavy (non-hydrogen) atoms. The highest BCUT2D eigenvalue weighted by Gasteiger charge is 2.16. The van der Waals surface area contributed by atoms with Crippen molar-refractivity contribution >= 4 is 23.3 Å². The van der Waals surface area contributed by atoms with Gasteiger partial charge in [0.05, 0.1) is 29.7 Å². The zero-order valence-electron chi connectivity index (χ0n) is 14.4. The molecule has 1 aromatic heterocycles. The second kappa shape index (κ2) is 8.99. The molecule has 2 N–H and O–H groups in total. The van der Waals surface area contributed by atoms with Gasteiger partial charge in [-0.1, -0.05) is 12.1 Å². The van der Waals surface area contributed by atoms with Gasteiger partial charge < -0.3 is 15.4 Å². The number of nitrogens with zero attached hydrogens (tertiary/aromatic N) is 2. The first-order valence-corrected chi connectivity index (χ1v) is 7.92. The van der Waals surface area contributed by atoms with Gasteiger partial charge in [-0.2, -0.15) is 5.26 Å². The molecule has 1 aromatic carbocycles. The molecule has 0 fully saturated rings. The Morgan fingerprint density at radius 2 is 2.04 bits per heavy atom. The third kappa shape index (κ3) is 4.92. The fourth-order valence-corrected chi connectivity index (χ4v) is 2.03. The predicted octanol–water partition coefficient (Wildman–Crippen LogP) is 3.02. The molecule has 0 atom stereocenters. The van der Waals surface area contributed by atoms with Gasteiger partial charge in [0.15, 0.2) is 0 Å². The highest BCUT2D eigenvalue weighted by Crippen LogP contribution is 2.17. The molecule has 0 spiro atoms. The number of hydrogen-bond donors (Lipinski definition) is 2. The molecule has 2 rings (SSSR count). The number of aromatic nitrogens is 1. The topological polar surface area (TPSA) is 104 Å². The Morgan fingerprint density at radius 1 is 1.27 bits per heavy atom. The lowest BCUT2D eigenvalue weighted by molar-refractivity contribution is -0.112. The maximum absolute atomic E-state index is 12.3. The van der Waals surface area contributed by atoms with Gasteiger partial charge in [-0.05, 0) is 38.1 Å². The zero-order chi connectivity index (χ0) is 18.9. The fourth-order valence-electron chi connectivity index (χ4n) is 2.03. The highest BCUT2D eigenvalue weighted by molar-refractivity contribution is 6.09. The van der Waals surface area contributed by atoms with Crippen molar-refractivity contribution < 1.29 is 14.3 Å². The van der Waals surface area contributed by atoms with E-state index >= 15 is 0 Å². The van der Waals surface area contributed by atoms with Gasteiger partial charge in [0.1, 0.15) is 11.6 Å². The highest BCUT2D eigenvalue weighted by atomic mass is 16.5. The second-order valence-electron chi connectivity index (χ2n) is 5.22. The van der Waals surface area contributed by atoms with Gasteiger partial charge in [-0.3, -0.25) is 9.78 Å². The van der Waals surface area contributed by atoms with E-state index in [1.807, 2.05) is 13.0 Å². The molecule has 0 unspecified atom stereocenters. The van der Waals surface area contributed by atoms with E-state index in [0.29, 0.717) is 5.69 Å². The van der Waals surface area contributed by atoms with Crippen LogP contribution in [0.2, 0.25) is 0 Å². The Morgan fingerprint density at radius 3 is 2.69 bits per heavy atom. The largest absolute Gasteiger partial charge is 0.462 e. The van der Waals surface area contributed by atoms with Crippen molar-refractivity contribution in [2.24, 2.45) is 0 Å². The molecule has 0 aliphatic carbocycles. The maximum atomic E-state index is 12.3. The van der Waals surface area contributed by atoms with Crippen molar-refractivity contribution in [3.63, 3.8) is 0 Å². The number of carbonyl (C=O) groups is 2. The van der Waals surface area contributed by atoms with Gasteiger partial charge >= 0.3 is 5.97 Å². The zero-order valence-corrected chi connectivity index (χ0v) is 14.4. The molecule has 0 bridgehead atoms. The number of pyridine rings is 1. The summed E-state index contributed by atoms with van der Waals surface area (Å²) >= 11 is 0. The Bertz CT molecular complexity index is 867. The SMILES string of the molecule is CCOC(=O)c1ccccc1NC(=O)/C(C#N)=C\Nc1ccc(C)nc1. The van der Waals surface area contributed by atoms with Crippen LogP contribution in [0.25, 0.3) is 0 Å². The molecule has 2 aromatic rings. The second-order valence-corrected chi connectivity index (χ2v) is 5.22. The molecule has 7 heteroatoms. The molecular formula is C19H18N4O3. The monoisotopic (exact) mass is 350 g/mol. The van der Waals surface area contributed by atoms with Crippen molar-refractivity contribution in [3.05, 3.63) is 65.6 Å². The molecule has 0 radical (unpaired) electrons. The standard InChI is InChI=1S/C19H18N4O3/c1-3-26-19(25)16-6-4-5-7-17(16)23-18(24)14(10-20)11-22-15-9-8-13(2)21-12-15/h4-9,11-12,22H,3H2,1-2H3,(H,23,24)/b14-11-. The molecule has 1 heterocycles. The lowest BCUT2D eigenvalue weighted by Crippen LogP contribution is -2.17. The Kier molecular flexibility index (Phi) is 6.46. The van der Waals surface area contributed by atoms with Gasteiger partial charge in [-0.15, -0.1) is 0 Å². The average molecular weight is 350 g/mol. The van der Waals surface area contributed by atoms with Crippen LogP contribution in [-0.4, -0.2) is 23.5 Å². The summed E-state index contributed by atoms with van der Waals surface area (Å²) in [6.45, 7) is 3.77. The van der Waals surface area contributed by atoms with E-state index in [1.165, 1.54) is 6.20 Å². The predicted molar refractivity (Wildman–Crippen MR) is 97.3 cm³/mol. The first-order valence-electron chi connectivity index (χ1n) is 7.92. The number of anilines is 2. The van der Waals surface area contributed by atoms with Crippen LogP contribution in [0.3, 0.4) is 0 Å². The summed E-state index contributed by atoms with van der Waals surface area (Å²) in [6, 6.07) is 11.9. The summed E-state index contributed by atoms with van der Waals surface area (Å²) in [5.41, 5.74) is 1.84. The van der Waals surface area contributed by atoms with Crippen molar-refractivity contribution in [2.45, 2.75) is 13.8 Å². The first kappa shape index (κ1) is 18.7. The van der Waals surface area contributed by atoms with Crippen LogP contribution >= 0.6 is 0 Å². The van der Waals surface area contributed by atoms with E-state index in [9.17, 15) is 14.9 Å². The van der Waals surface area contributed by atoms with Gasteiger partial charge in [0.2, 0.25) is 0 Å². The summed E-state index contributed by atoms with van der Waals surface area (Å²) in [5.74, 6) is -1.19. The number of carbonyl (C=O) groups excluding carboxylic acids is 2. The first-order chi connectivity index (χ1) is 12.5. The average Bonchev–Trinajstić information content (AvgIpc) is 2.64. The Hall–Kier alpha value is -3.66. The number of para-hydroxylation sites is 1. The van der Waals surface area contributed by atoms with E-state index in [2.05, 4.69) is 15.6 Å². The van der Waals surface area contributed by atoms with Crippen molar-refractivity contribution in [1.29, 1.82) is 5.26 Å². The number of aryl methyl sites for hydroxylation is 1. The number of rotatable bonds is 6. The minimum absolute atomic E-state index is 0.149. The summed E-state index contributed by atoms with van der Waals surface area (Å²) in [4.78, 5) is 28.4. The van der Waals surface area contributed by atoms with Crippen LogP contribution in [0.1, 0.15) is 23.0 Å². The number of benzene rings is 1. The van der Waals surface area contributed by atoms with Crippen LogP contribution < -0.4 is 10.6 Å². The number of nitriles is 1. The van der Waals surface area contributed by atoms with E-state index in [-0.39, 0.29) is 23.4 Å². The Balaban J connectivity index is 2.15. The summed E-state index contributed by atoms with van der Waals surface area (Å²) in [5, 5.41) is 14.6. The maximum Gasteiger partial charge on any atom is 0.340 e. The molecule has 7 nitrogen and oxygen atoms in total. The van der Waals surface area contributed by atoms with Crippen LogP contribution in [0, 0.1) is 18.3 Å². The number of amides is 1. The van der Waals surface area contributed by atoms with E-state index in [1.54, 1.807) is 49.5 Å². The number of ether oxygens (including phenoxy) is 1. The smallest absolute Gasteiger partial charge is 0.340 e. The lowest BCUT2D eigenvalue weighted by atomic mass is 10.1. The molecular weight excluding hydrogens is 332 g/mol. The molecule has 132 valence electrons. The summed E-state index contributed by atoms with van der Waals surface area (Å²) < 4.78 is 4.96.